The average Bonchev–Trinajstić information content (AvgIpc) is 3.02. The summed E-state index contributed by atoms with van der Waals surface area (Å²) in [7, 11) is 0. The summed E-state index contributed by atoms with van der Waals surface area (Å²) in [4.78, 5) is 4.63. The first-order valence-electron chi connectivity index (χ1n) is 8.31. The van der Waals surface area contributed by atoms with Gasteiger partial charge in [-0.25, -0.2) is 9.37 Å². The largest absolute Gasteiger partial charge is 1.00 e. The Bertz CT molecular complexity index is 1120. The lowest BCUT2D eigenvalue weighted by atomic mass is 10.1. The second kappa shape index (κ2) is 7.67. The van der Waals surface area contributed by atoms with Crippen LogP contribution >= 0.6 is 11.6 Å². The summed E-state index contributed by atoms with van der Waals surface area (Å²) >= 11 is 6.14. The molecule has 27 heavy (non-hydrogen) atoms. The van der Waals surface area contributed by atoms with Gasteiger partial charge >= 0.3 is 0 Å². The van der Waals surface area contributed by atoms with E-state index in [0.29, 0.717) is 17.5 Å². The van der Waals surface area contributed by atoms with Crippen molar-refractivity contribution >= 4 is 22.7 Å². The molecule has 0 bridgehead atoms. The number of aryl methyl sites for hydroxylation is 2. The van der Waals surface area contributed by atoms with Crippen LogP contribution in [0.3, 0.4) is 0 Å². The van der Waals surface area contributed by atoms with Crippen molar-refractivity contribution in [3.63, 3.8) is 0 Å². The molecule has 2 aromatic heterocycles. The van der Waals surface area contributed by atoms with Gasteiger partial charge in [-0.3, -0.25) is 0 Å². The number of nitrogens with zero attached hydrogens (tertiary/aromatic N) is 2. The number of fused-ring (bicyclic) bond motifs is 1. The third-order valence-electron chi connectivity index (χ3n) is 4.29. The van der Waals surface area contributed by atoms with Crippen LogP contribution in [0.4, 0.5) is 4.39 Å². The second-order valence-electron chi connectivity index (χ2n) is 6.45. The third kappa shape index (κ3) is 3.97. The summed E-state index contributed by atoms with van der Waals surface area (Å²) in [5.74, 6) is 0.239. The number of oxazole rings is 1. The Kier molecular flexibility index (Phi) is 5.49. The molecule has 138 valence electrons. The van der Waals surface area contributed by atoms with Gasteiger partial charge in [0.1, 0.15) is 16.9 Å². The predicted molar refractivity (Wildman–Crippen MR) is 99.6 cm³/mol. The van der Waals surface area contributed by atoms with Gasteiger partial charge in [-0.1, -0.05) is 17.7 Å². The normalized spacial score (nSPS) is 10.8. The Balaban J connectivity index is 0.00000210. The van der Waals surface area contributed by atoms with E-state index in [1.165, 1.54) is 12.1 Å². The topological polar surface area (TPSA) is 29.9 Å². The van der Waals surface area contributed by atoms with Crippen LogP contribution in [0.2, 0.25) is 5.02 Å². The summed E-state index contributed by atoms with van der Waals surface area (Å²) < 4.78 is 21.2. The zero-order chi connectivity index (χ0) is 18.3. The Labute approximate surface area is 167 Å². The summed E-state index contributed by atoms with van der Waals surface area (Å²) in [6, 6.07) is 12.4. The molecule has 0 aliphatic heterocycles. The van der Waals surface area contributed by atoms with Crippen LogP contribution in [0, 0.1) is 19.7 Å². The molecule has 0 unspecified atom stereocenters. The molecule has 0 fully saturated rings. The number of hydrogen-bond acceptors (Lipinski definition) is 2. The Morgan fingerprint density at radius 1 is 1.15 bits per heavy atom. The molecule has 2 heterocycles. The molecule has 0 saturated carbocycles. The Morgan fingerprint density at radius 3 is 2.74 bits per heavy atom. The van der Waals surface area contributed by atoms with Crippen LogP contribution in [0.15, 0.2) is 59.3 Å². The monoisotopic (exact) mass is 402 g/mol. The quantitative estimate of drug-likeness (QED) is 0.492. The maximum Gasteiger partial charge on any atom is 0.233 e. The van der Waals surface area contributed by atoms with E-state index in [1.54, 1.807) is 6.07 Å². The average molecular weight is 403 g/mol. The van der Waals surface area contributed by atoms with Gasteiger partial charge in [0.2, 0.25) is 5.89 Å². The lowest BCUT2D eigenvalue weighted by Gasteiger charge is -2.02. The Hall–Kier alpha value is -2.43. The molecule has 3 nitrogen and oxygen atoms in total. The number of benzene rings is 2. The van der Waals surface area contributed by atoms with Crippen LogP contribution in [0.5, 0.6) is 0 Å². The van der Waals surface area contributed by atoms with Gasteiger partial charge in [0, 0.05) is 11.6 Å². The molecule has 4 rings (SSSR count). The minimum Gasteiger partial charge on any atom is -1.00 e. The van der Waals surface area contributed by atoms with Crippen molar-refractivity contribution in [1.82, 2.24) is 4.98 Å². The lowest BCUT2D eigenvalue weighted by Crippen LogP contribution is -3.00. The number of halogens is 3. The van der Waals surface area contributed by atoms with Crippen LogP contribution in [0.25, 0.3) is 22.6 Å². The summed E-state index contributed by atoms with van der Waals surface area (Å²) in [5.41, 5.74) is 5.61. The summed E-state index contributed by atoms with van der Waals surface area (Å²) in [6.45, 7) is 4.60. The van der Waals surface area contributed by atoms with Gasteiger partial charge in [0.05, 0.1) is 5.02 Å². The highest BCUT2D eigenvalue weighted by Crippen LogP contribution is 2.26. The van der Waals surface area contributed by atoms with E-state index in [2.05, 4.69) is 11.1 Å². The molecular formula is C21H17Cl2FN2O. The fourth-order valence-corrected chi connectivity index (χ4v) is 3.32. The zero-order valence-electron chi connectivity index (χ0n) is 14.8. The lowest BCUT2D eigenvalue weighted by molar-refractivity contribution is -0.687. The maximum absolute atomic E-state index is 13.2. The van der Waals surface area contributed by atoms with Gasteiger partial charge < -0.3 is 16.8 Å². The molecule has 0 aliphatic rings. The number of hydrogen-bond donors (Lipinski definition) is 0. The maximum atomic E-state index is 13.2. The van der Waals surface area contributed by atoms with E-state index < -0.39 is 0 Å². The number of rotatable bonds is 3. The van der Waals surface area contributed by atoms with Crippen molar-refractivity contribution in [1.29, 1.82) is 0 Å². The van der Waals surface area contributed by atoms with Crippen molar-refractivity contribution in [2.75, 3.05) is 0 Å². The molecule has 0 amide bonds. The van der Waals surface area contributed by atoms with Crippen LogP contribution < -0.4 is 17.0 Å². The Morgan fingerprint density at radius 2 is 1.96 bits per heavy atom. The highest BCUT2D eigenvalue weighted by molar-refractivity contribution is 6.31. The molecule has 0 radical (unpaired) electrons. The first kappa shape index (κ1) is 19.3. The molecule has 6 heteroatoms. The van der Waals surface area contributed by atoms with Crippen LogP contribution in [-0.2, 0) is 6.54 Å². The first-order valence-corrected chi connectivity index (χ1v) is 8.68. The van der Waals surface area contributed by atoms with Crippen molar-refractivity contribution < 1.29 is 25.8 Å². The molecule has 0 spiro atoms. The molecule has 0 saturated heterocycles. The zero-order valence-corrected chi connectivity index (χ0v) is 16.4. The van der Waals surface area contributed by atoms with Crippen LogP contribution in [-0.4, -0.2) is 4.98 Å². The molecule has 4 aromatic rings. The van der Waals surface area contributed by atoms with Crippen molar-refractivity contribution in [2.24, 2.45) is 0 Å². The van der Waals surface area contributed by atoms with E-state index in [4.69, 9.17) is 16.0 Å². The summed E-state index contributed by atoms with van der Waals surface area (Å²) in [5, 5.41) is 0.413. The molecule has 0 N–H and O–H groups in total. The second-order valence-corrected chi connectivity index (χ2v) is 6.86. The van der Waals surface area contributed by atoms with E-state index in [1.807, 2.05) is 49.0 Å². The van der Waals surface area contributed by atoms with Crippen molar-refractivity contribution in [2.45, 2.75) is 20.4 Å². The summed E-state index contributed by atoms with van der Waals surface area (Å²) in [6.07, 6.45) is 3.88. The van der Waals surface area contributed by atoms with Gasteiger partial charge in [0.15, 0.2) is 24.5 Å². The highest BCUT2D eigenvalue weighted by Gasteiger charge is 2.15. The molecule has 0 atom stereocenters. The molecular weight excluding hydrogens is 386 g/mol. The SMILES string of the molecule is Cc1cc(C)c2oc(-c3ccc[n+](Cc4ccc(F)cc4Cl)c3)nc2c1.[Cl-]. The minimum absolute atomic E-state index is 0. The van der Waals surface area contributed by atoms with E-state index in [9.17, 15) is 4.39 Å². The number of aromatic nitrogens is 2. The predicted octanol–water partition coefficient (Wildman–Crippen LogP) is 2.24. The van der Waals surface area contributed by atoms with Gasteiger partial charge in [-0.05, 0) is 55.3 Å². The number of pyridine rings is 1. The van der Waals surface area contributed by atoms with Crippen LogP contribution in [0.1, 0.15) is 16.7 Å². The van der Waals surface area contributed by atoms with Crippen molar-refractivity contribution in [3.05, 3.63) is 82.4 Å². The highest BCUT2D eigenvalue weighted by atomic mass is 35.5. The third-order valence-corrected chi connectivity index (χ3v) is 4.65. The van der Waals surface area contributed by atoms with E-state index in [0.717, 1.165) is 33.4 Å². The van der Waals surface area contributed by atoms with E-state index in [-0.39, 0.29) is 18.2 Å². The standard InChI is InChI=1S/C21H17ClFN2O.ClH/c1-13-8-14(2)20-19(9-13)24-21(26-20)16-4-3-7-25(12-16)11-15-5-6-17(23)10-18(15)22;/h3-10,12H,11H2,1-2H3;1H/q+1;/p-1. The molecule has 0 aliphatic carbocycles. The smallest absolute Gasteiger partial charge is 0.233 e. The van der Waals surface area contributed by atoms with Gasteiger partial charge in [-0.2, -0.15) is 4.57 Å². The molecule has 2 aromatic carbocycles. The fraction of sp³-hybridized carbons (Fsp3) is 0.143. The minimum atomic E-state index is -0.338. The van der Waals surface area contributed by atoms with E-state index >= 15 is 0 Å². The van der Waals surface area contributed by atoms with Gasteiger partial charge in [0.25, 0.3) is 0 Å². The fourth-order valence-electron chi connectivity index (χ4n) is 3.09. The first-order chi connectivity index (χ1) is 12.5. The van der Waals surface area contributed by atoms with Crippen molar-refractivity contribution in [3.8, 4) is 11.5 Å². The van der Waals surface area contributed by atoms with Gasteiger partial charge in [-0.15, -0.1) is 0 Å².